The SMILES string of the molecule is CC1(O)CCN(C(=O)c2ccccc2Br)C1. The highest BCUT2D eigenvalue weighted by Crippen LogP contribution is 2.24. The number of carbonyl (C=O) groups excluding carboxylic acids is 1. The number of aliphatic hydroxyl groups is 1. The number of carbonyl (C=O) groups is 1. The van der Waals surface area contributed by atoms with Crippen molar-refractivity contribution in [2.24, 2.45) is 0 Å². The van der Waals surface area contributed by atoms with Gasteiger partial charge in [-0.1, -0.05) is 12.1 Å². The van der Waals surface area contributed by atoms with E-state index in [0.29, 0.717) is 25.1 Å². The molecule has 0 saturated carbocycles. The van der Waals surface area contributed by atoms with Gasteiger partial charge in [-0.25, -0.2) is 0 Å². The molecule has 0 radical (unpaired) electrons. The molecule has 2 rings (SSSR count). The molecular weight excluding hydrogens is 270 g/mol. The number of benzene rings is 1. The number of likely N-dealkylation sites (tertiary alicyclic amines) is 1. The summed E-state index contributed by atoms with van der Waals surface area (Å²) in [6.45, 7) is 2.79. The first-order valence-electron chi connectivity index (χ1n) is 5.26. The van der Waals surface area contributed by atoms with Crippen LogP contribution in [0.3, 0.4) is 0 Å². The number of amides is 1. The molecule has 1 saturated heterocycles. The van der Waals surface area contributed by atoms with Gasteiger partial charge in [0.25, 0.3) is 5.91 Å². The van der Waals surface area contributed by atoms with Crippen LogP contribution in [-0.2, 0) is 0 Å². The summed E-state index contributed by atoms with van der Waals surface area (Å²) in [6, 6.07) is 7.36. The molecule has 1 amide bonds. The molecular formula is C12H14BrNO2. The second-order valence-corrected chi connectivity index (χ2v) is 5.31. The van der Waals surface area contributed by atoms with Crippen molar-refractivity contribution in [3.05, 3.63) is 34.3 Å². The van der Waals surface area contributed by atoms with Crippen molar-refractivity contribution >= 4 is 21.8 Å². The van der Waals surface area contributed by atoms with Crippen LogP contribution in [0.5, 0.6) is 0 Å². The summed E-state index contributed by atoms with van der Waals surface area (Å²) >= 11 is 3.36. The minimum absolute atomic E-state index is 0.0229. The Kier molecular flexibility index (Phi) is 3.04. The lowest BCUT2D eigenvalue weighted by molar-refractivity contribution is 0.0571. The van der Waals surface area contributed by atoms with Gasteiger partial charge in [-0.15, -0.1) is 0 Å². The predicted molar refractivity (Wildman–Crippen MR) is 65.3 cm³/mol. The van der Waals surface area contributed by atoms with Gasteiger partial charge in [0.1, 0.15) is 0 Å². The zero-order chi connectivity index (χ0) is 11.8. The second kappa shape index (κ2) is 4.18. The van der Waals surface area contributed by atoms with Gasteiger partial charge in [0.05, 0.1) is 11.2 Å². The van der Waals surface area contributed by atoms with Crippen molar-refractivity contribution < 1.29 is 9.90 Å². The highest BCUT2D eigenvalue weighted by Gasteiger charge is 2.34. The van der Waals surface area contributed by atoms with E-state index in [1.807, 2.05) is 18.2 Å². The molecule has 1 atom stereocenters. The third kappa shape index (κ3) is 2.28. The normalized spacial score (nSPS) is 24.8. The molecule has 1 N–H and O–H groups in total. The van der Waals surface area contributed by atoms with Gasteiger partial charge < -0.3 is 10.0 Å². The minimum atomic E-state index is -0.739. The van der Waals surface area contributed by atoms with Crippen LogP contribution in [0.2, 0.25) is 0 Å². The molecule has 3 nitrogen and oxygen atoms in total. The minimum Gasteiger partial charge on any atom is -0.388 e. The van der Waals surface area contributed by atoms with E-state index >= 15 is 0 Å². The molecule has 1 unspecified atom stereocenters. The largest absolute Gasteiger partial charge is 0.388 e. The van der Waals surface area contributed by atoms with Gasteiger partial charge >= 0.3 is 0 Å². The van der Waals surface area contributed by atoms with Crippen molar-refractivity contribution in [1.29, 1.82) is 0 Å². The van der Waals surface area contributed by atoms with E-state index in [9.17, 15) is 9.90 Å². The Morgan fingerprint density at radius 3 is 2.75 bits per heavy atom. The topological polar surface area (TPSA) is 40.5 Å². The zero-order valence-electron chi connectivity index (χ0n) is 9.11. The van der Waals surface area contributed by atoms with Crippen molar-refractivity contribution in [2.75, 3.05) is 13.1 Å². The van der Waals surface area contributed by atoms with E-state index in [4.69, 9.17) is 0 Å². The van der Waals surface area contributed by atoms with Crippen LogP contribution in [0.1, 0.15) is 23.7 Å². The molecule has 16 heavy (non-hydrogen) atoms. The maximum Gasteiger partial charge on any atom is 0.255 e. The summed E-state index contributed by atoms with van der Waals surface area (Å²) in [5.74, 6) is -0.0229. The summed E-state index contributed by atoms with van der Waals surface area (Å²) in [7, 11) is 0. The van der Waals surface area contributed by atoms with Gasteiger partial charge in [-0.3, -0.25) is 4.79 Å². The average molecular weight is 284 g/mol. The smallest absolute Gasteiger partial charge is 0.255 e. The average Bonchev–Trinajstić information content (AvgIpc) is 2.59. The molecule has 1 aliphatic rings. The van der Waals surface area contributed by atoms with E-state index in [-0.39, 0.29) is 5.91 Å². The molecule has 0 bridgehead atoms. The van der Waals surface area contributed by atoms with Gasteiger partial charge in [0.15, 0.2) is 0 Å². The Balaban J connectivity index is 2.18. The number of hydrogen-bond acceptors (Lipinski definition) is 2. The first-order chi connectivity index (χ1) is 7.49. The lowest BCUT2D eigenvalue weighted by atomic mass is 10.1. The highest BCUT2D eigenvalue weighted by atomic mass is 79.9. The number of rotatable bonds is 1. The third-order valence-electron chi connectivity index (χ3n) is 2.84. The lowest BCUT2D eigenvalue weighted by Gasteiger charge is -2.19. The summed E-state index contributed by atoms with van der Waals surface area (Å²) in [5.41, 5.74) is -0.0862. The Bertz CT molecular complexity index is 417. The van der Waals surface area contributed by atoms with Crippen LogP contribution < -0.4 is 0 Å². The second-order valence-electron chi connectivity index (χ2n) is 4.45. The molecule has 1 fully saturated rings. The first-order valence-corrected chi connectivity index (χ1v) is 6.05. The fourth-order valence-electron chi connectivity index (χ4n) is 1.92. The first kappa shape index (κ1) is 11.6. The molecule has 1 aliphatic heterocycles. The number of nitrogens with zero attached hydrogens (tertiary/aromatic N) is 1. The van der Waals surface area contributed by atoms with E-state index in [0.717, 1.165) is 4.47 Å². The van der Waals surface area contributed by atoms with Gasteiger partial charge in [-0.2, -0.15) is 0 Å². The maximum absolute atomic E-state index is 12.1. The van der Waals surface area contributed by atoms with Crippen LogP contribution in [0.4, 0.5) is 0 Å². The summed E-state index contributed by atoms with van der Waals surface area (Å²) < 4.78 is 0.798. The Hall–Kier alpha value is -0.870. The highest BCUT2D eigenvalue weighted by molar-refractivity contribution is 9.10. The van der Waals surface area contributed by atoms with E-state index in [2.05, 4.69) is 15.9 Å². The molecule has 1 aromatic carbocycles. The fourth-order valence-corrected chi connectivity index (χ4v) is 2.38. The maximum atomic E-state index is 12.1. The van der Waals surface area contributed by atoms with E-state index in [1.165, 1.54) is 0 Å². The van der Waals surface area contributed by atoms with Crippen molar-refractivity contribution in [1.82, 2.24) is 4.90 Å². The van der Waals surface area contributed by atoms with E-state index < -0.39 is 5.60 Å². The molecule has 0 aromatic heterocycles. The van der Waals surface area contributed by atoms with Crippen LogP contribution in [0.25, 0.3) is 0 Å². The zero-order valence-corrected chi connectivity index (χ0v) is 10.7. The van der Waals surface area contributed by atoms with Crippen molar-refractivity contribution in [2.45, 2.75) is 18.9 Å². The molecule has 1 heterocycles. The summed E-state index contributed by atoms with van der Waals surface area (Å²) in [5, 5.41) is 9.82. The van der Waals surface area contributed by atoms with Gasteiger partial charge in [0.2, 0.25) is 0 Å². The predicted octanol–water partition coefficient (Wildman–Crippen LogP) is 2.05. The Labute approximate surface area is 103 Å². The molecule has 4 heteroatoms. The van der Waals surface area contributed by atoms with Crippen molar-refractivity contribution in [3.8, 4) is 0 Å². The van der Waals surface area contributed by atoms with Gasteiger partial charge in [0, 0.05) is 17.6 Å². The monoisotopic (exact) mass is 283 g/mol. The summed E-state index contributed by atoms with van der Waals surface area (Å²) in [6.07, 6.45) is 0.642. The molecule has 0 aliphatic carbocycles. The third-order valence-corrected chi connectivity index (χ3v) is 3.53. The van der Waals surface area contributed by atoms with Crippen molar-refractivity contribution in [3.63, 3.8) is 0 Å². The molecule has 1 aromatic rings. The van der Waals surface area contributed by atoms with E-state index in [1.54, 1.807) is 17.9 Å². The number of hydrogen-bond donors (Lipinski definition) is 1. The summed E-state index contributed by atoms with van der Waals surface area (Å²) in [4.78, 5) is 13.8. The van der Waals surface area contributed by atoms with Crippen LogP contribution in [0.15, 0.2) is 28.7 Å². The fraction of sp³-hybridized carbons (Fsp3) is 0.417. The van der Waals surface area contributed by atoms with Crippen LogP contribution >= 0.6 is 15.9 Å². The Morgan fingerprint density at radius 2 is 2.19 bits per heavy atom. The number of β-amino-alcohol motifs (C(OH)–C–C–N with tert-alkyl or cyclic N) is 1. The Morgan fingerprint density at radius 1 is 1.50 bits per heavy atom. The standard InChI is InChI=1S/C12H14BrNO2/c1-12(16)6-7-14(8-12)11(15)9-4-2-3-5-10(9)13/h2-5,16H,6-8H2,1H3. The van der Waals surface area contributed by atoms with Gasteiger partial charge in [-0.05, 0) is 41.4 Å². The van der Waals surface area contributed by atoms with Crippen LogP contribution in [-0.4, -0.2) is 34.6 Å². The quantitative estimate of drug-likeness (QED) is 0.857. The molecule has 86 valence electrons. The molecule has 0 spiro atoms. The number of halogens is 1. The lowest BCUT2D eigenvalue weighted by Crippen LogP contribution is -2.34. The van der Waals surface area contributed by atoms with Crippen LogP contribution in [0, 0.1) is 0 Å².